The van der Waals surface area contributed by atoms with Crippen LogP contribution in [-0.2, 0) is 0 Å². The third-order valence-electron chi connectivity index (χ3n) is 3.38. The Hall–Kier alpha value is -3.66. The smallest absolute Gasteiger partial charge is 0.316 e. The first-order valence-electron chi connectivity index (χ1n) is 7.34. The van der Waals surface area contributed by atoms with Crippen molar-refractivity contribution in [2.45, 2.75) is 0 Å². The molecule has 0 aliphatic carbocycles. The molecule has 0 spiro atoms. The summed E-state index contributed by atoms with van der Waals surface area (Å²) in [5.74, 6) is -0.905. The van der Waals surface area contributed by atoms with Gasteiger partial charge in [-0.15, -0.1) is 11.3 Å². The van der Waals surface area contributed by atoms with E-state index in [4.69, 9.17) is 11.5 Å². The van der Waals surface area contributed by atoms with Gasteiger partial charge in [0.05, 0.1) is 5.69 Å². The number of rotatable bonds is 5. The second-order valence-electron chi connectivity index (χ2n) is 5.22. The van der Waals surface area contributed by atoms with Crippen LogP contribution in [-0.4, -0.2) is 27.8 Å². The number of anilines is 2. The lowest BCUT2D eigenvalue weighted by Gasteiger charge is -2.04. The molecule has 10 heteroatoms. The van der Waals surface area contributed by atoms with Crippen LogP contribution in [0.2, 0.25) is 0 Å². The van der Waals surface area contributed by atoms with E-state index in [1.54, 1.807) is 41.9 Å². The van der Waals surface area contributed by atoms with E-state index in [2.05, 4.69) is 20.6 Å². The number of aromatic amines is 1. The predicted molar refractivity (Wildman–Crippen MR) is 98.0 cm³/mol. The minimum atomic E-state index is -0.679. The number of nitrogens with one attached hydrogen (secondary N) is 3. The summed E-state index contributed by atoms with van der Waals surface area (Å²) in [5, 5.41) is 7.27. The molecule has 7 N–H and O–H groups in total. The highest BCUT2D eigenvalue weighted by Crippen LogP contribution is 2.26. The van der Waals surface area contributed by atoms with Gasteiger partial charge in [0.1, 0.15) is 5.69 Å². The topological polar surface area (TPSA) is 156 Å². The van der Waals surface area contributed by atoms with Gasteiger partial charge < -0.3 is 21.8 Å². The van der Waals surface area contributed by atoms with Crippen LogP contribution in [0.25, 0.3) is 11.3 Å². The summed E-state index contributed by atoms with van der Waals surface area (Å²) in [6.07, 6.45) is 1.62. The third-order valence-corrected chi connectivity index (χ3v) is 4.14. The summed E-state index contributed by atoms with van der Waals surface area (Å²) in [7, 11) is 0. The lowest BCUT2D eigenvalue weighted by Crippen LogP contribution is -2.19. The SMILES string of the molecule is NC(=O)Nc1ccc(C(=O)Nc2nc(-c3c[nH]c(C(N)=O)c3)cs2)cc1. The number of amides is 4. The van der Waals surface area contributed by atoms with E-state index in [9.17, 15) is 14.4 Å². The fourth-order valence-electron chi connectivity index (χ4n) is 2.16. The fraction of sp³-hybridized carbons (Fsp3) is 0. The zero-order valence-electron chi connectivity index (χ0n) is 13.3. The van der Waals surface area contributed by atoms with Gasteiger partial charge in [-0.1, -0.05) is 0 Å². The Bertz CT molecular complexity index is 976. The zero-order valence-corrected chi connectivity index (χ0v) is 14.1. The molecule has 0 saturated heterocycles. The average molecular weight is 370 g/mol. The molecule has 26 heavy (non-hydrogen) atoms. The average Bonchev–Trinajstić information content (AvgIpc) is 3.23. The Balaban J connectivity index is 1.69. The van der Waals surface area contributed by atoms with Crippen LogP contribution in [0.1, 0.15) is 20.8 Å². The molecule has 3 aromatic rings. The van der Waals surface area contributed by atoms with Crippen molar-refractivity contribution in [3.63, 3.8) is 0 Å². The van der Waals surface area contributed by atoms with E-state index in [1.807, 2.05) is 0 Å². The number of hydrogen-bond donors (Lipinski definition) is 5. The van der Waals surface area contributed by atoms with Crippen LogP contribution in [0.3, 0.4) is 0 Å². The Morgan fingerprint density at radius 2 is 1.81 bits per heavy atom. The molecule has 132 valence electrons. The van der Waals surface area contributed by atoms with E-state index in [-0.39, 0.29) is 11.6 Å². The molecular formula is C16H14N6O3S. The van der Waals surface area contributed by atoms with Crippen molar-refractivity contribution in [3.05, 3.63) is 53.2 Å². The van der Waals surface area contributed by atoms with E-state index in [0.717, 1.165) is 0 Å². The van der Waals surface area contributed by atoms with Crippen molar-refractivity contribution in [3.8, 4) is 11.3 Å². The molecule has 2 aromatic heterocycles. The highest BCUT2D eigenvalue weighted by atomic mass is 32.1. The van der Waals surface area contributed by atoms with E-state index < -0.39 is 11.9 Å². The van der Waals surface area contributed by atoms with Gasteiger partial charge in [-0.3, -0.25) is 14.9 Å². The number of benzene rings is 1. The molecule has 2 heterocycles. The standard InChI is InChI=1S/C16H14N6O3S/c17-13(23)11-5-9(6-19-11)12-7-26-16(21-12)22-14(24)8-1-3-10(4-2-8)20-15(18)25/h1-7,19H,(H2,17,23)(H3,18,20,25)(H,21,22,24). The van der Waals surface area contributed by atoms with Crippen molar-refractivity contribution in [1.82, 2.24) is 9.97 Å². The van der Waals surface area contributed by atoms with Crippen LogP contribution < -0.4 is 22.1 Å². The lowest BCUT2D eigenvalue weighted by molar-refractivity contribution is 0.0994. The van der Waals surface area contributed by atoms with Gasteiger partial charge in [-0.05, 0) is 30.3 Å². The van der Waals surface area contributed by atoms with Crippen LogP contribution in [0.15, 0.2) is 41.9 Å². The first-order chi connectivity index (χ1) is 12.4. The van der Waals surface area contributed by atoms with Crippen LogP contribution in [0.5, 0.6) is 0 Å². The second-order valence-corrected chi connectivity index (χ2v) is 6.08. The number of hydrogen-bond acceptors (Lipinski definition) is 5. The predicted octanol–water partition coefficient (Wildman–Crippen LogP) is 1.98. The van der Waals surface area contributed by atoms with Crippen molar-refractivity contribution < 1.29 is 14.4 Å². The van der Waals surface area contributed by atoms with Gasteiger partial charge in [0.2, 0.25) is 0 Å². The largest absolute Gasteiger partial charge is 0.364 e. The Morgan fingerprint density at radius 3 is 2.42 bits per heavy atom. The van der Waals surface area contributed by atoms with Crippen molar-refractivity contribution in [2.24, 2.45) is 11.5 Å². The molecule has 3 rings (SSSR count). The number of urea groups is 1. The monoisotopic (exact) mass is 370 g/mol. The van der Waals surface area contributed by atoms with E-state index >= 15 is 0 Å². The molecule has 0 unspecified atom stereocenters. The maximum Gasteiger partial charge on any atom is 0.316 e. The maximum absolute atomic E-state index is 12.3. The molecule has 1 aromatic carbocycles. The summed E-state index contributed by atoms with van der Waals surface area (Å²) in [6.45, 7) is 0. The number of H-pyrrole nitrogens is 1. The Kier molecular flexibility index (Phi) is 4.67. The third kappa shape index (κ3) is 3.87. The normalized spacial score (nSPS) is 10.3. The quantitative estimate of drug-likeness (QED) is 0.465. The summed E-state index contributed by atoms with van der Waals surface area (Å²) in [4.78, 5) is 41.2. The molecule has 4 amide bonds. The van der Waals surface area contributed by atoms with Crippen molar-refractivity contribution >= 4 is 40.0 Å². The molecule has 0 aliphatic rings. The van der Waals surface area contributed by atoms with Gasteiger partial charge in [0.25, 0.3) is 11.8 Å². The Labute approximate surface area is 151 Å². The first-order valence-corrected chi connectivity index (χ1v) is 8.22. The van der Waals surface area contributed by atoms with Gasteiger partial charge in [-0.25, -0.2) is 9.78 Å². The highest BCUT2D eigenvalue weighted by Gasteiger charge is 2.12. The summed E-state index contributed by atoms with van der Waals surface area (Å²) in [6, 6.07) is 7.16. The van der Waals surface area contributed by atoms with Gasteiger partial charge in [0.15, 0.2) is 5.13 Å². The van der Waals surface area contributed by atoms with E-state index in [1.165, 1.54) is 11.3 Å². The summed E-state index contributed by atoms with van der Waals surface area (Å²) >= 11 is 1.25. The number of nitrogens with two attached hydrogens (primary N) is 2. The molecule has 0 aliphatic heterocycles. The number of nitrogens with zero attached hydrogens (tertiary/aromatic N) is 1. The Morgan fingerprint density at radius 1 is 1.08 bits per heavy atom. The highest BCUT2D eigenvalue weighted by molar-refractivity contribution is 7.14. The summed E-state index contributed by atoms with van der Waals surface area (Å²) < 4.78 is 0. The minimum absolute atomic E-state index is 0.281. The molecule has 0 atom stereocenters. The fourth-order valence-corrected chi connectivity index (χ4v) is 2.88. The summed E-state index contributed by atoms with van der Waals surface area (Å²) in [5.41, 5.74) is 12.7. The number of carbonyl (C=O) groups is 3. The molecule has 0 saturated carbocycles. The number of primary amides is 2. The van der Waals surface area contributed by atoms with Gasteiger partial charge in [-0.2, -0.15) is 0 Å². The number of carbonyl (C=O) groups excluding carboxylic acids is 3. The van der Waals surface area contributed by atoms with Crippen molar-refractivity contribution in [2.75, 3.05) is 10.6 Å². The zero-order chi connectivity index (χ0) is 18.7. The first kappa shape index (κ1) is 17.2. The van der Waals surface area contributed by atoms with Crippen LogP contribution in [0, 0.1) is 0 Å². The van der Waals surface area contributed by atoms with E-state index in [0.29, 0.717) is 27.6 Å². The van der Waals surface area contributed by atoms with Gasteiger partial charge in [0, 0.05) is 28.4 Å². The van der Waals surface area contributed by atoms with Crippen LogP contribution in [0.4, 0.5) is 15.6 Å². The minimum Gasteiger partial charge on any atom is -0.364 e. The molecule has 0 radical (unpaired) electrons. The molecule has 0 fully saturated rings. The van der Waals surface area contributed by atoms with Crippen LogP contribution >= 0.6 is 11.3 Å². The van der Waals surface area contributed by atoms with Crippen molar-refractivity contribution in [1.29, 1.82) is 0 Å². The number of aromatic nitrogens is 2. The number of thiazole rings is 1. The molecule has 9 nitrogen and oxygen atoms in total. The lowest BCUT2D eigenvalue weighted by atomic mass is 10.2. The molecular weight excluding hydrogens is 356 g/mol. The second kappa shape index (κ2) is 7.07. The van der Waals surface area contributed by atoms with Gasteiger partial charge >= 0.3 is 6.03 Å². The maximum atomic E-state index is 12.3. The molecule has 0 bridgehead atoms.